The van der Waals surface area contributed by atoms with Gasteiger partial charge in [0.1, 0.15) is 4.88 Å². The third-order valence-corrected chi connectivity index (χ3v) is 5.41. The summed E-state index contributed by atoms with van der Waals surface area (Å²) >= 11 is 0.948. The summed E-state index contributed by atoms with van der Waals surface area (Å²) in [6, 6.07) is 10.1. The highest BCUT2D eigenvalue weighted by Crippen LogP contribution is 2.25. The average Bonchev–Trinajstić information content (AvgIpc) is 3.10. The van der Waals surface area contributed by atoms with Crippen LogP contribution in [0.15, 0.2) is 46.0 Å². The van der Waals surface area contributed by atoms with E-state index in [0.717, 1.165) is 28.1 Å². The Kier molecular flexibility index (Phi) is 4.04. The van der Waals surface area contributed by atoms with Gasteiger partial charge in [-0.2, -0.15) is 4.37 Å². The SMILES string of the molecule is Cn1c(=O)[nH]c2c(C(=O)N3CC=C(c4ccccc4)CC3)snc2c1=O. The van der Waals surface area contributed by atoms with Crippen molar-refractivity contribution in [2.24, 2.45) is 7.05 Å². The van der Waals surface area contributed by atoms with Crippen molar-refractivity contribution in [1.82, 2.24) is 18.8 Å². The van der Waals surface area contributed by atoms with Crippen LogP contribution in [-0.4, -0.2) is 37.8 Å². The molecule has 2 aromatic heterocycles. The van der Waals surface area contributed by atoms with Crippen LogP contribution < -0.4 is 11.2 Å². The summed E-state index contributed by atoms with van der Waals surface area (Å²) in [5.74, 6) is -0.218. The van der Waals surface area contributed by atoms with Crippen molar-refractivity contribution in [3.63, 3.8) is 0 Å². The monoisotopic (exact) mass is 368 g/mol. The lowest BCUT2D eigenvalue weighted by Gasteiger charge is -2.26. The van der Waals surface area contributed by atoms with Crippen LogP contribution >= 0.6 is 11.5 Å². The second-order valence-electron chi connectivity index (χ2n) is 6.13. The minimum absolute atomic E-state index is 0.123. The van der Waals surface area contributed by atoms with Crippen LogP contribution in [0.1, 0.15) is 21.7 Å². The third-order valence-electron chi connectivity index (χ3n) is 4.57. The van der Waals surface area contributed by atoms with Gasteiger partial charge in [0.15, 0.2) is 5.52 Å². The van der Waals surface area contributed by atoms with Gasteiger partial charge in [0.2, 0.25) is 0 Å². The van der Waals surface area contributed by atoms with E-state index >= 15 is 0 Å². The molecule has 132 valence electrons. The molecule has 0 spiro atoms. The molecule has 1 aliphatic rings. The molecule has 0 unspecified atom stereocenters. The van der Waals surface area contributed by atoms with Gasteiger partial charge in [0.25, 0.3) is 11.5 Å². The molecule has 0 bridgehead atoms. The van der Waals surface area contributed by atoms with Crippen molar-refractivity contribution < 1.29 is 4.79 Å². The zero-order chi connectivity index (χ0) is 18.3. The standard InChI is InChI=1S/C18H16N4O3S/c1-21-16(23)14-13(19-18(21)25)15(26-20-14)17(24)22-9-7-12(8-10-22)11-5-3-2-4-6-11/h2-7H,8-10H2,1H3,(H,19,25). The van der Waals surface area contributed by atoms with Crippen molar-refractivity contribution in [1.29, 1.82) is 0 Å². The largest absolute Gasteiger partial charge is 0.334 e. The maximum absolute atomic E-state index is 12.9. The molecular formula is C18H16N4O3S. The van der Waals surface area contributed by atoms with Gasteiger partial charge in [-0.25, -0.2) is 4.79 Å². The predicted octanol–water partition coefficient (Wildman–Crippen LogP) is 1.61. The Bertz CT molecular complexity index is 1140. The normalized spacial score (nSPS) is 14.5. The Morgan fingerprint density at radius 1 is 1.23 bits per heavy atom. The molecule has 0 atom stereocenters. The first-order valence-electron chi connectivity index (χ1n) is 8.18. The van der Waals surface area contributed by atoms with Gasteiger partial charge in [-0.3, -0.25) is 14.2 Å². The summed E-state index contributed by atoms with van der Waals surface area (Å²) in [6.45, 7) is 1.06. The fourth-order valence-electron chi connectivity index (χ4n) is 3.05. The number of aromatic nitrogens is 3. The number of hydrogen-bond acceptors (Lipinski definition) is 5. The average molecular weight is 368 g/mol. The number of aromatic amines is 1. The van der Waals surface area contributed by atoms with Crippen LogP contribution in [0.25, 0.3) is 16.6 Å². The number of benzene rings is 1. The number of fused-ring (bicyclic) bond motifs is 1. The summed E-state index contributed by atoms with van der Waals surface area (Å²) in [7, 11) is 1.38. The summed E-state index contributed by atoms with van der Waals surface area (Å²) in [6.07, 6.45) is 2.80. The van der Waals surface area contributed by atoms with Gasteiger partial charge >= 0.3 is 5.69 Å². The fraction of sp³-hybridized carbons (Fsp3) is 0.222. The Morgan fingerprint density at radius 2 is 2.00 bits per heavy atom. The van der Waals surface area contributed by atoms with Gasteiger partial charge in [0, 0.05) is 20.1 Å². The van der Waals surface area contributed by atoms with Gasteiger partial charge in [-0.15, -0.1) is 0 Å². The third kappa shape index (κ3) is 2.68. The first kappa shape index (κ1) is 16.5. The molecule has 1 aliphatic heterocycles. The number of nitrogens with zero attached hydrogens (tertiary/aromatic N) is 3. The highest BCUT2D eigenvalue weighted by Gasteiger charge is 2.24. The smallest absolute Gasteiger partial charge is 0.328 e. The lowest BCUT2D eigenvalue weighted by molar-refractivity contribution is 0.0779. The highest BCUT2D eigenvalue weighted by molar-refractivity contribution is 7.09. The lowest BCUT2D eigenvalue weighted by Crippen LogP contribution is -2.35. The first-order chi connectivity index (χ1) is 12.6. The van der Waals surface area contributed by atoms with E-state index in [0.29, 0.717) is 18.0 Å². The second kappa shape index (κ2) is 6.38. The molecule has 3 aromatic rings. The molecule has 8 heteroatoms. The molecule has 0 saturated carbocycles. The predicted molar refractivity (Wildman–Crippen MR) is 100 cm³/mol. The topological polar surface area (TPSA) is 88.1 Å². The minimum Gasteiger partial charge on any atom is -0.334 e. The number of carbonyl (C=O) groups is 1. The maximum Gasteiger partial charge on any atom is 0.328 e. The summed E-state index contributed by atoms with van der Waals surface area (Å²) < 4.78 is 5.02. The Labute approximate surface area is 152 Å². The number of rotatable bonds is 2. The molecule has 0 radical (unpaired) electrons. The first-order valence-corrected chi connectivity index (χ1v) is 8.96. The van der Waals surface area contributed by atoms with E-state index in [1.54, 1.807) is 4.90 Å². The molecule has 26 heavy (non-hydrogen) atoms. The van der Waals surface area contributed by atoms with Gasteiger partial charge in [-0.1, -0.05) is 36.4 Å². The molecular weight excluding hydrogens is 352 g/mol. The molecule has 7 nitrogen and oxygen atoms in total. The van der Waals surface area contributed by atoms with E-state index in [9.17, 15) is 14.4 Å². The summed E-state index contributed by atoms with van der Waals surface area (Å²) in [4.78, 5) is 41.4. The van der Waals surface area contributed by atoms with Gasteiger partial charge in [-0.05, 0) is 29.1 Å². The quantitative estimate of drug-likeness (QED) is 0.744. The van der Waals surface area contributed by atoms with E-state index in [2.05, 4.69) is 21.5 Å². The number of H-pyrrole nitrogens is 1. The van der Waals surface area contributed by atoms with E-state index in [-0.39, 0.29) is 16.9 Å². The van der Waals surface area contributed by atoms with Crippen molar-refractivity contribution in [3.8, 4) is 0 Å². The van der Waals surface area contributed by atoms with Crippen LogP contribution in [0.5, 0.6) is 0 Å². The van der Waals surface area contributed by atoms with E-state index in [1.165, 1.54) is 12.6 Å². The molecule has 3 heterocycles. The van der Waals surface area contributed by atoms with Crippen LogP contribution in [-0.2, 0) is 7.05 Å². The Balaban J connectivity index is 1.64. The van der Waals surface area contributed by atoms with Crippen molar-refractivity contribution in [2.45, 2.75) is 6.42 Å². The van der Waals surface area contributed by atoms with E-state index in [4.69, 9.17) is 0 Å². The fourth-order valence-corrected chi connectivity index (χ4v) is 3.85. The van der Waals surface area contributed by atoms with Crippen LogP contribution in [0.4, 0.5) is 0 Å². The van der Waals surface area contributed by atoms with Crippen molar-refractivity contribution in [2.75, 3.05) is 13.1 Å². The summed E-state index contributed by atoms with van der Waals surface area (Å²) in [5.41, 5.74) is 1.68. The molecule has 1 aromatic carbocycles. The van der Waals surface area contributed by atoms with Crippen LogP contribution in [0.2, 0.25) is 0 Å². The molecule has 1 amide bonds. The van der Waals surface area contributed by atoms with Gasteiger partial charge in [0.05, 0.1) is 5.52 Å². The maximum atomic E-state index is 12.9. The number of amides is 1. The van der Waals surface area contributed by atoms with Gasteiger partial charge < -0.3 is 9.88 Å². The molecule has 0 aliphatic carbocycles. The van der Waals surface area contributed by atoms with Crippen molar-refractivity contribution in [3.05, 3.63) is 67.7 Å². The number of hydrogen-bond donors (Lipinski definition) is 1. The Morgan fingerprint density at radius 3 is 2.69 bits per heavy atom. The molecule has 4 rings (SSSR count). The zero-order valence-corrected chi connectivity index (χ0v) is 14.9. The minimum atomic E-state index is -0.554. The zero-order valence-electron chi connectivity index (χ0n) is 14.1. The summed E-state index contributed by atoms with van der Waals surface area (Å²) in [5, 5.41) is 0. The Hall–Kier alpha value is -3.00. The van der Waals surface area contributed by atoms with Crippen LogP contribution in [0, 0.1) is 0 Å². The number of nitrogens with one attached hydrogen (secondary N) is 1. The number of carbonyl (C=O) groups excluding carboxylic acids is 1. The second-order valence-corrected chi connectivity index (χ2v) is 6.90. The van der Waals surface area contributed by atoms with E-state index < -0.39 is 11.2 Å². The molecule has 0 fully saturated rings. The van der Waals surface area contributed by atoms with Crippen molar-refractivity contribution >= 4 is 34.0 Å². The highest BCUT2D eigenvalue weighted by atomic mass is 32.1. The lowest BCUT2D eigenvalue weighted by atomic mass is 9.99. The molecule has 0 saturated heterocycles. The van der Waals surface area contributed by atoms with Crippen LogP contribution in [0.3, 0.4) is 0 Å². The van der Waals surface area contributed by atoms with E-state index in [1.807, 2.05) is 24.3 Å². The molecule has 1 N–H and O–H groups in total.